The van der Waals surface area contributed by atoms with Gasteiger partial charge in [-0.3, -0.25) is 9.78 Å². The van der Waals surface area contributed by atoms with Gasteiger partial charge in [0.2, 0.25) is 6.41 Å². The van der Waals surface area contributed by atoms with E-state index in [1.165, 1.54) is 0 Å². The smallest absolute Gasteiger partial charge is 0.212 e. The second-order valence-electron chi connectivity index (χ2n) is 5.52. The Labute approximate surface area is 147 Å². The lowest BCUT2D eigenvalue weighted by Gasteiger charge is -2.04. The van der Waals surface area contributed by atoms with Crippen LogP contribution in [0.5, 0.6) is 0 Å². The number of aryl methyl sites for hydroxylation is 3. The third kappa shape index (κ3) is 3.23. The van der Waals surface area contributed by atoms with Crippen LogP contribution in [0.3, 0.4) is 0 Å². The zero-order valence-electron chi connectivity index (χ0n) is 13.6. The molecule has 0 fully saturated rings. The fraction of sp³-hybridized carbons (Fsp3) is 0.167. The molecule has 0 saturated carbocycles. The van der Waals surface area contributed by atoms with Gasteiger partial charge in [0.05, 0.1) is 5.69 Å². The number of aliphatic imine (C=N–C) groups is 1. The lowest BCUT2D eigenvalue weighted by Crippen LogP contribution is -2.21. The van der Waals surface area contributed by atoms with E-state index in [1.807, 2.05) is 51.1 Å². The van der Waals surface area contributed by atoms with Crippen LogP contribution in [0.25, 0.3) is 11.0 Å². The van der Waals surface area contributed by atoms with Crippen molar-refractivity contribution >= 4 is 44.8 Å². The normalized spacial score (nSPS) is 11.8. The van der Waals surface area contributed by atoms with Crippen LogP contribution in [0.4, 0.5) is 5.69 Å². The molecule has 0 bridgehead atoms. The van der Waals surface area contributed by atoms with Crippen molar-refractivity contribution in [1.29, 1.82) is 0 Å². The number of amidine groups is 1. The summed E-state index contributed by atoms with van der Waals surface area (Å²) in [5.74, 6) is 0.860. The summed E-state index contributed by atoms with van der Waals surface area (Å²) in [5.41, 5.74) is 4.23. The first-order valence-electron chi connectivity index (χ1n) is 7.41. The molecule has 2 aromatic heterocycles. The molecule has 1 amide bonds. The first-order chi connectivity index (χ1) is 11.5. The van der Waals surface area contributed by atoms with Gasteiger partial charge in [-0.2, -0.15) is 0 Å². The number of hydrogen-bond acceptors (Lipinski definition) is 4. The van der Waals surface area contributed by atoms with Gasteiger partial charge in [0.15, 0.2) is 11.6 Å². The van der Waals surface area contributed by atoms with Crippen molar-refractivity contribution in [2.24, 2.45) is 4.99 Å². The highest BCUT2D eigenvalue weighted by Crippen LogP contribution is 2.26. The third-order valence-electron chi connectivity index (χ3n) is 3.65. The molecule has 0 atom stereocenters. The number of carbonyl (C=O) groups excluding carboxylic acids is 1. The van der Waals surface area contributed by atoms with E-state index < -0.39 is 0 Å². The molecule has 1 N–H and O–H groups in total. The number of fused-ring (bicyclic) bond motifs is 1. The summed E-state index contributed by atoms with van der Waals surface area (Å²) in [7, 11) is 0. The standard InChI is InChI=1S/C18H16BrN3O2/c1-10-6-13(19)4-5-15(10)22-18(20-9-23)17-8-14-12(3)21-11(2)7-16(14)24-17/h4-9H,1-3H3,(H,20,22,23). The molecular weight excluding hydrogens is 370 g/mol. The number of benzene rings is 1. The number of nitrogens with one attached hydrogen (secondary N) is 1. The van der Waals surface area contributed by atoms with Crippen LogP contribution in [0.1, 0.15) is 22.7 Å². The van der Waals surface area contributed by atoms with Gasteiger partial charge in [0.1, 0.15) is 5.58 Å². The first-order valence-corrected chi connectivity index (χ1v) is 8.20. The van der Waals surface area contributed by atoms with Crippen LogP contribution in [0.15, 0.2) is 44.2 Å². The summed E-state index contributed by atoms with van der Waals surface area (Å²) in [6.07, 6.45) is 0.594. The highest BCUT2D eigenvalue weighted by molar-refractivity contribution is 9.10. The van der Waals surface area contributed by atoms with Crippen LogP contribution < -0.4 is 5.32 Å². The first kappa shape index (κ1) is 16.4. The highest BCUT2D eigenvalue weighted by atomic mass is 79.9. The average molecular weight is 386 g/mol. The van der Waals surface area contributed by atoms with E-state index in [-0.39, 0.29) is 0 Å². The third-order valence-corrected chi connectivity index (χ3v) is 4.15. The number of hydrogen-bond donors (Lipinski definition) is 1. The molecule has 0 saturated heterocycles. The summed E-state index contributed by atoms with van der Waals surface area (Å²) < 4.78 is 6.86. The van der Waals surface area contributed by atoms with E-state index in [1.54, 1.807) is 0 Å². The SMILES string of the molecule is Cc1cc2oc(/C(=N/c3ccc(Br)cc3C)NC=O)cc2c(C)n1. The molecule has 0 aliphatic heterocycles. The Balaban J connectivity index is 2.12. The number of pyridine rings is 1. The summed E-state index contributed by atoms with van der Waals surface area (Å²) in [6.45, 7) is 5.80. The summed E-state index contributed by atoms with van der Waals surface area (Å²) in [5, 5.41) is 3.53. The molecule has 3 aromatic rings. The number of nitrogens with zero attached hydrogens (tertiary/aromatic N) is 2. The van der Waals surface area contributed by atoms with Crippen molar-refractivity contribution in [2.45, 2.75) is 20.8 Å². The molecule has 122 valence electrons. The van der Waals surface area contributed by atoms with Crippen molar-refractivity contribution in [1.82, 2.24) is 10.3 Å². The number of rotatable bonds is 3. The van der Waals surface area contributed by atoms with E-state index in [2.05, 4.69) is 31.2 Å². The Morgan fingerprint density at radius 3 is 2.75 bits per heavy atom. The van der Waals surface area contributed by atoms with Gasteiger partial charge in [-0.1, -0.05) is 15.9 Å². The summed E-state index contributed by atoms with van der Waals surface area (Å²) in [6, 6.07) is 9.47. The zero-order valence-corrected chi connectivity index (χ0v) is 15.1. The summed E-state index contributed by atoms with van der Waals surface area (Å²) in [4.78, 5) is 20.0. The number of carbonyl (C=O) groups is 1. The molecule has 2 heterocycles. The largest absolute Gasteiger partial charge is 0.453 e. The number of furan rings is 1. The van der Waals surface area contributed by atoms with Gasteiger partial charge in [0.25, 0.3) is 0 Å². The Kier molecular flexibility index (Phi) is 4.49. The van der Waals surface area contributed by atoms with Gasteiger partial charge < -0.3 is 9.73 Å². The van der Waals surface area contributed by atoms with E-state index in [0.717, 1.165) is 38.1 Å². The Bertz CT molecular complexity index is 960. The van der Waals surface area contributed by atoms with Crippen molar-refractivity contribution < 1.29 is 9.21 Å². The van der Waals surface area contributed by atoms with Gasteiger partial charge in [-0.15, -0.1) is 0 Å². The second kappa shape index (κ2) is 6.57. The average Bonchev–Trinajstić information content (AvgIpc) is 2.93. The molecule has 6 heteroatoms. The van der Waals surface area contributed by atoms with Gasteiger partial charge in [-0.05, 0) is 50.6 Å². The molecule has 0 radical (unpaired) electrons. The maximum absolute atomic E-state index is 11.0. The fourth-order valence-electron chi connectivity index (χ4n) is 2.54. The molecule has 5 nitrogen and oxygen atoms in total. The minimum absolute atomic E-state index is 0.365. The Morgan fingerprint density at radius 2 is 2.04 bits per heavy atom. The minimum Gasteiger partial charge on any atom is -0.453 e. The topological polar surface area (TPSA) is 67.5 Å². The predicted octanol–water partition coefficient (Wildman–Crippen LogP) is 4.34. The maximum Gasteiger partial charge on any atom is 0.212 e. The molecule has 1 aromatic carbocycles. The van der Waals surface area contributed by atoms with E-state index in [4.69, 9.17) is 4.42 Å². The van der Waals surface area contributed by atoms with E-state index in [9.17, 15) is 4.79 Å². The molecular formula is C18H16BrN3O2. The number of amides is 1. The quantitative estimate of drug-likeness (QED) is 0.414. The summed E-state index contributed by atoms with van der Waals surface area (Å²) >= 11 is 3.43. The Hall–Kier alpha value is -2.47. The molecule has 0 aliphatic rings. The second-order valence-corrected chi connectivity index (χ2v) is 6.44. The van der Waals surface area contributed by atoms with Crippen LogP contribution in [-0.2, 0) is 4.79 Å². The maximum atomic E-state index is 11.0. The molecule has 0 spiro atoms. The van der Waals surface area contributed by atoms with Gasteiger partial charge in [-0.25, -0.2) is 4.99 Å². The monoisotopic (exact) mass is 385 g/mol. The molecule has 3 rings (SSSR count). The number of halogens is 1. The van der Waals surface area contributed by atoms with E-state index >= 15 is 0 Å². The number of aromatic nitrogens is 1. The van der Waals surface area contributed by atoms with Gasteiger partial charge >= 0.3 is 0 Å². The minimum atomic E-state index is 0.365. The predicted molar refractivity (Wildman–Crippen MR) is 97.8 cm³/mol. The van der Waals surface area contributed by atoms with Crippen LogP contribution >= 0.6 is 15.9 Å². The fourth-order valence-corrected chi connectivity index (χ4v) is 3.01. The van der Waals surface area contributed by atoms with Crippen LogP contribution in [0.2, 0.25) is 0 Å². The molecule has 0 unspecified atom stereocenters. The van der Waals surface area contributed by atoms with Crippen molar-refractivity contribution in [3.05, 3.63) is 57.5 Å². The lowest BCUT2D eigenvalue weighted by atomic mass is 10.2. The van der Waals surface area contributed by atoms with Crippen LogP contribution in [-0.4, -0.2) is 17.2 Å². The van der Waals surface area contributed by atoms with Crippen molar-refractivity contribution in [2.75, 3.05) is 0 Å². The highest BCUT2D eigenvalue weighted by Gasteiger charge is 2.13. The zero-order chi connectivity index (χ0) is 17.3. The lowest BCUT2D eigenvalue weighted by molar-refractivity contribution is -0.108. The molecule has 24 heavy (non-hydrogen) atoms. The molecule has 0 aliphatic carbocycles. The van der Waals surface area contributed by atoms with E-state index in [0.29, 0.717) is 18.0 Å². The van der Waals surface area contributed by atoms with Crippen molar-refractivity contribution in [3.8, 4) is 0 Å². The van der Waals surface area contributed by atoms with Crippen LogP contribution in [0, 0.1) is 20.8 Å². The van der Waals surface area contributed by atoms with Crippen molar-refractivity contribution in [3.63, 3.8) is 0 Å². The Morgan fingerprint density at radius 1 is 1.25 bits per heavy atom. The van der Waals surface area contributed by atoms with Gasteiger partial charge in [0, 0.05) is 27.3 Å².